The first kappa shape index (κ1) is 15.1. The zero-order chi connectivity index (χ0) is 16.2. The molecule has 1 N–H and O–H groups in total. The molecule has 1 fully saturated rings. The molecule has 2 atom stereocenters. The van der Waals surface area contributed by atoms with Crippen LogP contribution in [0.4, 0.5) is 4.79 Å². The molecule has 1 saturated heterocycles. The van der Waals surface area contributed by atoms with Crippen LogP contribution in [0.1, 0.15) is 12.5 Å². The van der Waals surface area contributed by atoms with Crippen LogP contribution < -0.4 is 5.32 Å². The van der Waals surface area contributed by atoms with Crippen molar-refractivity contribution in [2.45, 2.75) is 25.7 Å². The quantitative estimate of drug-likeness (QED) is 0.882. The number of hydrogen-bond donors (Lipinski definition) is 1. The van der Waals surface area contributed by atoms with Gasteiger partial charge in [-0.05, 0) is 23.6 Å². The molecule has 23 heavy (non-hydrogen) atoms. The van der Waals surface area contributed by atoms with Crippen LogP contribution in [0.3, 0.4) is 0 Å². The minimum Gasteiger partial charge on any atom is -0.458 e. The molecule has 2 aromatic carbocycles. The molecule has 0 aliphatic carbocycles. The molecule has 5 nitrogen and oxygen atoms in total. The fourth-order valence-corrected chi connectivity index (χ4v) is 2.36. The van der Waals surface area contributed by atoms with Crippen molar-refractivity contribution >= 4 is 12.1 Å². The number of carbonyl (C=O) groups is 2. The number of esters is 1. The number of carbonyl (C=O) groups excluding carboxylic acids is 2. The Balaban J connectivity index is 1.52. The lowest BCUT2D eigenvalue weighted by Gasteiger charge is -2.32. The maximum absolute atomic E-state index is 11.7. The number of amides is 1. The lowest BCUT2D eigenvalue weighted by molar-refractivity contribution is -0.174. The van der Waals surface area contributed by atoms with Gasteiger partial charge in [0.05, 0.1) is 0 Å². The van der Waals surface area contributed by atoms with E-state index < -0.39 is 18.1 Å². The number of nitrogens with one attached hydrogen (secondary N) is 1. The lowest BCUT2D eigenvalue weighted by Crippen LogP contribution is -2.58. The fraction of sp³-hybridized carbons (Fsp3) is 0.222. The predicted molar refractivity (Wildman–Crippen MR) is 84.5 cm³/mol. The van der Waals surface area contributed by atoms with Gasteiger partial charge in [-0.2, -0.15) is 0 Å². The lowest BCUT2D eigenvalue weighted by atomic mass is 10.0. The molecule has 1 amide bonds. The molecule has 0 saturated carbocycles. The van der Waals surface area contributed by atoms with Crippen molar-refractivity contribution in [3.05, 3.63) is 60.2 Å². The van der Waals surface area contributed by atoms with Crippen LogP contribution in [-0.2, 0) is 20.9 Å². The molecule has 3 rings (SSSR count). The Labute approximate surface area is 134 Å². The van der Waals surface area contributed by atoms with E-state index in [2.05, 4.69) is 5.32 Å². The van der Waals surface area contributed by atoms with E-state index in [0.29, 0.717) is 0 Å². The number of rotatable bonds is 4. The van der Waals surface area contributed by atoms with Gasteiger partial charge in [-0.25, -0.2) is 9.59 Å². The smallest absolute Gasteiger partial charge is 0.408 e. The van der Waals surface area contributed by atoms with Gasteiger partial charge in [-0.3, -0.25) is 0 Å². The van der Waals surface area contributed by atoms with Crippen LogP contribution in [0.25, 0.3) is 11.1 Å². The van der Waals surface area contributed by atoms with Crippen molar-refractivity contribution in [2.75, 3.05) is 0 Å². The number of ether oxygens (including phenoxy) is 2. The molecule has 1 heterocycles. The van der Waals surface area contributed by atoms with E-state index in [9.17, 15) is 9.59 Å². The summed E-state index contributed by atoms with van der Waals surface area (Å²) in [6.07, 6.45) is -0.925. The van der Waals surface area contributed by atoms with Gasteiger partial charge in [0.25, 0.3) is 0 Å². The van der Waals surface area contributed by atoms with E-state index >= 15 is 0 Å². The fourth-order valence-electron chi connectivity index (χ4n) is 2.36. The minimum absolute atomic E-state index is 0.150. The first-order valence-electron chi connectivity index (χ1n) is 7.41. The Kier molecular flexibility index (Phi) is 4.28. The van der Waals surface area contributed by atoms with Crippen LogP contribution in [0.15, 0.2) is 54.6 Å². The summed E-state index contributed by atoms with van der Waals surface area (Å²) in [7, 11) is 0. The number of hydrogen-bond acceptors (Lipinski definition) is 4. The average Bonchev–Trinajstić information content (AvgIpc) is 2.59. The third kappa shape index (κ3) is 3.51. The van der Waals surface area contributed by atoms with Crippen molar-refractivity contribution < 1.29 is 19.1 Å². The summed E-state index contributed by atoms with van der Waals surface area (Å²) in [5.41, 5.74) is 3.11. The monoisotopic (exact) mass is 311 g/mol. The first-order valence-corrected chi connectivity index (χ1v) is 7.41. The van der Waals surface area contributed by atoms with Crippen molar-refractivity contribution in [2.24, 2.45) is 0 Å². The molecule has 118 valence electrons. The number of benzene rings is 2. The normalized spacial score (nSPS) is 19.4. The Morgan fingerprint density at radius 2 is 1.74 bits per heavy atom. The highest BCUT2D eigenvalue weighted by molar-refractivity contribution is 5.86. The van der Waals surface area contributed by atoms with Crippen LogP contribution in [0.2, 0.25) is 0 Å². The molecular weight excluding hydrogens is 294 g/mol. The highest BCUT2D eigenvalue weighted by Crippen LogP contribution is 2.19. The van der Waals surface area contributed by atoms with Crippen molar-refractivity contribution in [3.63, 3.8) is 0 Å². The molecule has 0 aromatic heterocycles. The van der Waals surface area contributed by atoms with Gasteiger partial charge in [-0.15, -0.1) is 0 Å². The van der Waals surface area contributed by atoms with Gasteiger partial charge in [0.2, 0.25) is 0 Å². The minimum atomic E-state index is -0.620. The van der Waals surface area contributed by atoms with Crippen LogP contribution >= 0.6 is 0 Å². The Bertz CT molecular complexity index is 697. The molecule has 2 aromatic rings. The van der Waals surface area contributed by atoms with Crippen molar-refractivity contribution in [1.29, 1.82) is 0 Å². The maximum Gasteiger partial charge on any atom is 0.408 e. The molecule has 5 heteroatoms. The van der Waals surface area contributed by atoms with E-state index in [4.69, 9.17) is 9.47 Å². The van der Waals surface area contributed by atoms with Gasteiger partial charge in [-0.1, -0.05) is 54.6 Å². The van der Waals surface area contributed by atoms with Crippen LogP contribution in [0.5, 0.6) is 0 Å². The summed E-state index contributed by atoms with van der Waals surface area (Å²) in [6.45, 7) is 1.87. The third-order valence-electron chi connectivity index (χ3n) is 3.73. The summed E-state index contributed by atoms with van der Waals surface area (Å²) < 4.78 is 9.88. The molecule has 0 bridgehead atoms. The number of alkyl carbamates (subject to hydrolysis) is 1. The zero-order valence-electron chi connectivity index (χ0n) is 12.7. The largest absolute Gasteiger partial charge is 0.458 e. The van der Waals surface area contributed by atoms with E-state index in [0.717, 1.165) is 16.7 Å². The summed E-state index contributed by atoms with van der Waals surface area (Å²) in [5.74, 6) is -0.429. The Morgan fingerprint density at radius 3 is 2.35 bits per heavy atom. The summed E-state index contributed by atoms with van der Waals surface area (Å²) in [5, 5.41) is 2.49. The SMILES string of the molecule is C[C@@H]1OC(=O)[C@@H]1NC(=O)OCc1ccc(-c2ccccc2)cc1. The highest BCUT2D eigenvalue weighted by atomic mass is 16.6. The van der Waals surface area contributed by atoms with Crippen LogP contribution in [0, 0.1) is 0 Å². The zero-order valence-corrected chi connectivity index (χ0v) is 12.7. The van der Waals surface area contributed by atoms with Crippen LogP contribution in [-0.4, -0.2) is 24.2 Å². The maximum atomic E-state index is 11.7. The number of cyclic esters (lactones) is 1. The third-order valence-corrected chi connectivity index (χ3v) is 3.73. The Hall–Kier alpha value is -2.82. The molecule has 1 aliphatic heterocycles. The van der Waals surface area contributed by atoms with E-state index in [1.807, 2.05) is 54.6 Å². The van der Waals surface area contributed by atoms with Gasteiger partial charge >= 0.3 is 12.1 Å². The molecule has 0 unspecified atom stereocenters. The Morgan fingerprint density at radius 1 is 1.09 bits per heavy atom. The molecular formula is C18H17NO4. The van der Waals surface area contributed by atoms with Gasteiger partial charge in [0, 0.05) is 0 Å². The van der Waals surface area contributed by atoms with E-state index in [-0.39, 0.29) is 12.7 Å². The second kappa shape index (κ2) is 6.52. The summed E-state index contributed by atoms with van der Waals surface area (Å²) in [6, 6.07) is 17.2. The van der Waals surface area contributed by atoms with Gasteiger partial charge < -0.3 is 14.8 Å². The standard InChI is InChI=1S/C18H17NO4/c1-12-16(17(20)23-12)19-18(21)22-11-13-7-9-15(10-8-13)14-5-3-2-4-6-14/h2-10,12,16H,11H2,1H3,(H,19,21)/t12-,16+/m0/s1. The van der Waals surface area contributed by atoms with Crippen molar-refractivity contribution in [3.8, 4) is 11.1 Å². The topological polar surface area (TPSA) is 64.6 Å². The summed E-state index contributed by atoms with van der Waals surface area (Å²) in [4.78, 5) is 22.8. The van der Waals surface area contributed by atoms with E-state index in [1.54, 1.807) is 6.92 Å². The van der Waals surface area contributed by atoms with Crippen molar-refractivity contribution in [1.82, 2.24) is 5.32 Å². The van der Waals surface area contributed by atoms with Gasteiger partial charge in [0.1, 0.15) is 12.7 Å². The second-order valence-electron chi connectivity index (χ2n) is 5.40. The predicted octanol–water partition coefficient (Wildman–Crippen LogP) is 2.89. The highest BCUT2D eigenvalue weighted by Gasteiger charge is 2.40. The molecule has 0 spiro atoms. The molecule has 1 aliphatic rings. The second-order valence-corrected chi connectivity index (χ2v) is 5.40. The summed E-state index contributed by atoms with van der Waals surface area (Å²) >= 11 is 0. The van der Waals surface area contributed by atoms with Gasteiger partial charge in [0.15, 0.2) is 6.04 Å². The molecule has 0 radical (unpaired) electrons. The van der Waals surface area contributed by atoms with E-state index in [1.165, 1.54) is 0 Å². The first-order chi connectivity index (χ1) is 11.1. The average molecular weight is 311 g/mol.